The highest BCUT2D eigenvalue weighted by atomic mass is 32.1. The van der Waals surface area contributed by atoms with E-state index in [2.05, 4.69) is 24.4 Å². The number of rotatable bonds is 6. The lowest BCUT2D eigenvalue weighted by Gasteiger charge is -2.35. The van der Waals surface area contributed by atoms with Gasteiger partial charge in [-0.2, -0.15) is 0 Å². The second kappa shape index (κ2) is 9.90. The molecule has 5 rings (SSSR count). The highest BCUT2D eigenvalue weighted by Crippen LogP contribution is 2.45. The van der Waals surface area contributed by atoms with Crippen LogP contribution in [0.3, 0.4) is 0 Å². The zero-order valence-electron chi connectivity index (χ0n) is 20.1. The van der Waals surface area contributed by atoms with Crippen molar-refractivity contribution >= 4 is 23.2 Å². The Hall–Kier alpha value is -3.06. The normalized spacial score (nSPS) is 17.9. The fourth-order valence-electron chi connectivity index (χ4n) is 4.74. The lowest BCUT2D eigenvalue weighted by atomic mass is 10.0. The minimum atomic E-state index is -0.397. The molecule has 3 aromatic rings. The van der Waals surface area contributed by atoms with E-state index in [-0.39, 0.29) is 17.9 Å². The van der Waals surface area contributed by atoms with Crippen LogP contribution >= 0.6 is 11.3 Å². The molecule has 1 aliphatic carbocycles. The second-order valence-electron chi connectivity index (χ2n) is 9.64. The summed E-state index contributed by atoms with van der Waals surface area (Å²) in [6.07, 6.45) is 5.00. The molecule has 2 aliphatic rings. The number of thiazole rings is 1. The fourth-order valence-corrected chi connectivity index (χ4v) is 5.97. The third kappa shape index (κ3) is 5.01. The summed E-state index contributed by atoms with van der Waals surface area (Å²) >= 11 is 1.64. The van der Waals surface area contributed by atoms with E-state index in [1.807, 2.05) is 17.0 Å². The van der Waals surface area contributed by atoms with Crippen molar-refractivity contribution in [3.05, 3.63) is 75.7 Å². The topological polar surface area (TPSA) is 62.3 Å². The monoisotopic (exact) mass is 491 g/mol. The molecule has 2 amide bonds. The first kappa shape index (κ1) is 23.7. The molecule has 7 heteroatoms. The molecule has 5 nitrogen and oxygen atoms in total. The largest absolute Gasteiger partial charge is 0.350 e. The molecule has 0 unspecified atom stereocenters. The Balaban J connectivity index is 1.38. The molecular weight excluding hydrogens is 461 g/mol. The maximum atomic E-state index is 13.9. The van der Waals surface area contributed by atoms with Gasteiger partial charge in [-0.05, 0) is 69.2 Å². The molecule has 2 aromatic carbocycles. The number of nitrogens with zero attached hydrogens (tertiary/aromatic N) is 2. The van der Waals surface area contributed by atoms with Crippen LogP contribution in [0.15, 0.2) is 42.5 Å². The minimum absolute atomic E-state index is 0.0643. The summed E-state index contributed by atoms with van der Waals surface area (Å²) in [7, 11) is 0. The van der Waals surface area contributed by atoms with Crippen molar-refractivity contribution in [2.24, 2.45) is 0 Å². The highest BCUT2D eigenvalue weighted by molar-refractivity contribution is 7.15. The number of nitrogens with one attached hydrogen (secondary N) is 1. The summed E-state index contributed by atoms with van der Waals surface area (Å²) in [5.41, 5.74) is 3.37. The van der Waals surface area contributed by atoms with Crippen LogP contribution in [0, 0.1) is 19.7 Å². The van der Waals surface area contributed by atoms with Crippen molar-refractivity contribution in [3.63, 3.8) is 0 Å². The van der Waals surface area contributed by atoms with Crippen LogP contribution in [-0.4, -0.2) is 40.8 Å². The number of carbonyl (C=O) groups is 2. The molecule has 182 valence electrons. The van der Waals surface area contributed by atoms with Crippen LogP contribution in [0.2, 0.25) is 0 Å². The molecule has 0 radical (unpaired) electrons. The molecule has 1 aliphatic heterocycles. The number of hydrogen-bond donors (Lipinski definition) is 1. The summed E-state index contributed by atoms with van der Waals surface area (Å²) in [6, 6.07) is 12.6. The number of piperidine rings is 1. The maximum absolute atomic E-state index is 13.9. The van der Waals surface area contributed by atoms with Crippen LogP contribution in [0.5, 0.6) is 0 Å². The van der Waals surface area contributed by atoms with E-state index in [1.165, 1.54) is 6.07 Å². The second-order valence-corrected chi connectivity index (χ2v) is 10.7. The lowest BCUT2D eigenvalue weighted by molar-refractivity contribution is 0.0598. The molecular formula is C28H30FN3O2S. The van der Waals surface area contributed by atoms with Gasteiger partial charge in [0, 0.05) is 30.6 Å². The van der Waals surface area contributed by atoms with E-state index in [9.17, 15) is 14.0 Å². The van der Waals surface area contributed by atoms with Crippen LogP contribution in [-0.2, 0) is 0 Å². The van der Waals surface area contributed by atoms with Gasteiger partial charge in [-0.25, -0.2) is 9.37 Å². The molecule has 2 heterocycles. The van der Waals surface area contributed by atoms with Crippen molar-refractivity contribution < 1.29 is 14.0 Å². The quantitative estimate of drug-likeness (QED) is 0.469. The van der Waals surface area contributed by atoms with E-state index >= 15 is 0 Å². The lowest BCUT2D eigenvalue weighted by Crippen LogP contribution is -2.49. The van der Waals surface area contributed by atoms with Gasteiger partial charge in [-0.3, -0.25) is 9.59 Å². The number of benzene rings is 2. The SMILES string of the molecule is Cc1cccc(-c2sc(C3CC3)nc2C(=O)N2CCCC[C@H]2CNC(=O)c2cccc(F)c2C)c1. The summed E-state index contributed by atoms with van der Waals surface area (Å²) in [5.74, 6) is -0.308. The standard InChI is InChI=1S/C28H30FN3O2S/c1-17-7-5-8-20(15-17)25-24(31-27(35-25)19-12-13-19)28(34)32-14-4-3-9-21(32)16-30-26(33)22-10-6-11-23(29)18(22)2/h5-8,10-11,15,19,21H,3-4,9,12-14,16H2,1-2H3,(H,30,33)/t21-/m0/s1. The van der Waals surface area contributed by atoms with Crippen molar-refractivity contribution in [2.75, 3.05) is 13.1 Å². The third-order valence-corrected chi connectivity index (χ3v) is 8.22. The average Bonchev–Trinajstić information content (AvgIpc) is 3.62. The van der Waals surface area contributed by atoms with Gasteiger partial charge in [0.2, 0.25) is 0 Å². The number of aromatic nitrogens is 1. The predicted molar refractivity (Wildman–Crippen MR) is 136 cm³/mol. The zero-order valence-corrected chi connectivity index (χ0v) is 21.0. The maximum Gasteiger partial charge on any atom is 0.274 e. The van der Waals surface area contributed by atoms with Crippen molar-refractivity contribution in [1.82, 2.24) is 15.2 Å². The first-order valence-electron chi connectivity index (χ1n) is 12.3. The Morgan fingerprint density at radius 3 is 2.69 bits per heavy atom. The number of hydrogen-bond acceptors (Lipinski definition) is 4. The third-order valence-electron chi connectivity index (χ3n) is 6.95. The minimum Gasteiger partial charge on any atom is -0.350 e. The van der Waals surface area contributed by atoms with E-state index < -0.39 is 5.82 Å². The number of likely N-dealkylation sites (tertiary alicyclic amines) is 1. The van der Waals surface area contributed by atoms with Crippen molar-refractivity contribution in [3.8, 4) is 10.4 Å². The van der Waals surface area contributed by atoms with Gasteiger partial charge in [0.1, 0.15) is 11.5 Å². The highest BCUT2D eigenvalue weighted by Gasteiger charge is 2.34. The van der Waals surface area contributed by atoms with E-state index in [4.69, 9.17) is 4.98 Å². The Labute approximate surface area is 209 Å². The van der Waals surface area contributed by atoms with Crippen molar-refractivity contribution in [1.29, 1.82) is 0 Å². The fraction of sp³-hybridized carbons (Fsp3) is 0.393. The molecule has 1 N–H and O–H groups in total. The summed E-state index contributed by atoms with van der Waals surface area (Å²) < 4.78 is 13.9. The van der Waals surface area contributed by atoms with Crippen LogP contribution in [0.25, 0.3) is 10.4 Å². The van der Waals surface area contributed by atoms with Gasteiger partial charge in [0.25, 0.3) is 11.8 Å². The molecule has 1 atom stereocenters. The summed E-state index contributed by atoms with van der Waals surface area (Å²) in [6.45, 7) is 4.63. The van der Waals surface area contributed by atoms with Crippen LogP contribution in [0.4, 0.5) is 4.39 Å². The Bertz CT molecular complexity index is 1270. The van der Waals surface area contributed by atoms with E-state index in [0.717, 1.165) is 53.1 Å². The molecule has 0 spiro atoms. The van der Waals surface area contributed by atoms with Crippen molar-refractivity contribution in [2.45, 2.75) is 57.9 Å². The van der Waals surface area contributed by atoms with Gasteiger partial charge < -0.3 is 10.2 Å². The van der Waals surface area contributed by atoms with Crippen LogP contribution in [0.1, 0.15) is 75.0 Å². The van der Waals surface area contributed by atoms with Gasteiger partial charge in [-0.1, -0.05) is 35.9 Å². The van der Waals surface area contributed by atoms with E-state index in [0.29, 0.717) is 35.8 Å². The average molecular weight is 492 g/mol. The molecule has 35 heavy (non-hydrogen) atoms. The van der Waals surface area contributed by atoms with E-state index in [1.54, 1.807) is 30.4 Å². The summed E-state index contributed by atoms with van der Waals surface area (Å²) in [4.78, 5) is 34.3. The number of amides is 2. The molecule has 2 fully saturated rings. The Morgan fingerprint density at radius 2 is 1.91 bits per heavy atom. The van der Waals surface area contributed by atoms with Gasteiger partial charge in [0.05, 0.1) is 9.88 Å². The van der Waals surface area contributed by atoms with Gasteiger partial charge in [-0.15, -0.1) is 11.3 Å². The first-order chi connectivity index (χ1) is 16.9. The van der Waals surface area contributed by atoms with Gasteiger partial charge in [0.15, 0.2) is 0 Å². The molecule has 0 bridgehead atoms. The van der Waals surface area contributed by atoms with Crippen LogP contribution < -0.4 is 5.32 Å². The Kier molecular flexibility index (Phi) is 6.69. The predicted octanol–water partition coefficient (Wildman–Crippen LogP) is 5.87. The number of halogens is 1. The number of carbonyl (C=O) groups excluding carboxylic acids is 2. The molecule has 1 saturated carbocycles. The zero-order chi connectivity index (χ0) is 24.5. The smallest absolute Gasteiger partial charge is 0.274 e. The number of aryl methyl sites for hydroxylation is 1. The first-order valence-corrected chi connectivity index (χ1v) is 13.2. The Morgan fingerprint density at radius 1 is 1.11 bits per heavy atom. The van der Waals surface area contributed by atoms with Gasteiger partial charge >= 0.3 is 0 Å². The molecule has 1 aromatic heterocycles. The molecule has 1 saturated heterocycles. The summed E-state index contributed by atoms with van der Waals surface area (Å²) in [5, 5.41) is 3.99.